The Morgan fingerprint density at radius 1 is 0.946 bits per heavy atom. The lowest BCUT2D eigenvalue weighted by Gasteiger charge is -2.30. The fraction of sp³-hybridized carbons (Fsp3) is 0.290. The van der Waals surface area contributed by atoms with Crippen LogP contribution in [0, 0.1) is 5.92 Å². The maximum absolute atomic E-state index is 13.8. The van der Waals surface area contributed by atoms with Crippen molar-refractivity contribution in [3.05, 3.63) is 100 Å². The zero-order valence-corrected chi connectivity index (χ0v) is 22.6. The van der Waals surface area contributed by atoms with Gasteiger partial charge in [-0.15, -0.1) is 0 Å². The van der Waals surface area contributed by atoms with E-state index in [4.69, 9.17) is 16.7 Å². The summed E-state index contributed by atoms with van der Waals surface area (Å²) in [6.45, 7) is 0. The molecular weight excluding hydrogens is 480 g/mol. The number of anilines is 2. The van der Waals surface area contributed by atoms with Gasteiger partial charge in [-0.1, -0.05) is 41.9 Å². The zero-order chi connectivity index (χ0) is 26.1. The molecular formula is C31H33ClN4O. The molecule has 3 aromatic rings. The van der Waals surface area contributed by atoms with Crippen LogP contribution in [-0.2, 0) is 0 Å². The summed E-state index contributed by atoms with van der Waals surface area (Å²) in [5.74, 6) is 0.0233. The number of rotatable bonds is 5. The smallest absolute Gasteiger partial charge is 0.274 e. The largest absolute Gasteiger partial charge is 0.378 e. The Morgan fingerprint density at radius 2 is 1.59 bits per heavy atom. The first-order chi connectivity index (χ1) is 17.8. The molecule has 1 heterocycles. The molecule has 2 atom stereocenters. The lowest BCUT2D eigenvalue weighted by Crippen LogP contribution is -2.32. The van der Waals surface area contributed by atoms with E-state index in [2.05, 4.69) is 64.4 Å². The second kappa shape index (κ2) is 10.4. The maximum atomic E-state index is 13.8. The molecule has 1 fully saturated rings. The van der Waals surface area contributed by atoms with Crippen LogP contribution in [0.2, 0.25) is 5.02 Å². The highest BCUT2D eigenvalue weighted by Crippen LogP contribution is 2.45. The third-order valence-electron chi connectivity index (χ3n) is 7.28. The van der Waals surface area contributed by atoms with Crippen molar-refractivity contribution in [2.75, 3.05) is 38.0 Å². The third-order valence-corrected chi connectivity index (χ3v) is 7.52. The van der Waals surface area contributed by atoms with Crippen molar-refractivity contribution < 1.29 is 4.79 Å². The molecule has 0 unspecified atom stereocenters. The van der Waals surface area contributed by atoms with E-state index >= 15 is 0 Å². The van der Waals surface area contributed by atoms with Gasteiger partial charge in [0.25, 0.3) is 5.91 Å². The molecule has 0 bridgehead atoms. The van der Waals surface area contributed by atoms with Crippen LogP contribution in [-0.4, -0.2) is 44.8 Å². The summed E-state index contributed by atoms with van der Waals surface area (Å²) >= 11 is 6.24. The topological polar surface area (TPSA) is 39.1 Å². The molecule has 1 aliphatic carbocycles. The van der Waals surface area contributed by atoms with E-state index in [-0.39, 0.29) is 17.9 Å². The summed E-state index contributed by atoms with van der Waals surface area (Å²) in [5, 5.41) is 7.27. The Bertz CT molecular complexity index is 1340. The lowest BCUT2D eigenvalue weighted by atomic mass is 9.77. The van der Waals surface area contributed by atoms with Crippen molar-refractivity contribution >= 4 is 40.7 Å². The standard InChI is InChI=1S/C31H33ClN4O/c1-34(2)26-15-11-21(12-16-26)19-23-7-6-10-28-29(23)33-36(31(37)24-8-5-9-25(32)20-24)30(28)22-13-17-27(18-14-22)35(3)4/h5,8-9,11-20,28,30H,6-7,10H2,1-4H3/b23-19+/t28-,30-/m1/s1. The summed E-state index contributed by atoms with van der Waals surface area (Å²) in [5.41, 5.74) is 7.33. The Labute approximate surface area is 224 Å². The minimum Gasteiger partial charge on any atom is -0.378 e. The van der Waals surface area contributed by atoms with Crippen LogP contribution in [0.5, 0.6) is 0 Å². The summed E-state index contributed by atoms with van der Waals surface area (Å²) in [6.07, 6.45) is 5.26. The first-order valence-corrected chi connectivity index (χ1v) is 13.1. The van der Waals surface area contributed by atoms with Crippen molar-refractivity contribution in [2.45, 2.75) is 25.3 Å². The van der Waals surface area contributed by atoms with Crippen LogP contribution in [0.25, 0.3) is 6.08 Å². The minimum atomic E-state index is -0.155. The highest BCUT2D eigenvalue weighted by atomic mass is 35.5. The van der Waals surface area contributed by atoms with Crippen molar-refractivity contribution in [2.24, 2.45) is 11.0 Å². The van der Waals surface area contributed by atoms with E-state index < -0.39 is 0 Å². The van der Waals surface area contributed by atoms with Crippen molar-refractivity contribution in [1.29, 1.82) is 0 Å². The Hall–Kier alpha value is -3.57. The number of hydrogen-bond acceptors (Lipinski definition) is 4. The van der Waals surface area contributed by atoms with Gasteiger partial charge < -0.3 is 9.80 Å². The van der Waals surface area contributed by atoms with Gasteiger partial charge in [-0.3, -0.25) is 4.79 Å². The zero-order valence-electron chi connectivity index (χ0n) is 21.9. The van der Waals surface area contributed by atoms with Gasteiger partial charge in [0.15, 0.2) is 0 Å². The van der Waals surface area contributed by atoms with E-state index in [1.54, 1.807) is 17.1 Å². The summed E-state index contributed by atoms with van der Waals surface area (Å²) in [6, 6.07) is 24.0. The number of carbonyl (C=O) groups is 1. The quantitative estimate of drug-likeness (QED) is 0.373. The van der Waals surface area contributed by atoms with Gasteiger partial charge in [0.05, 0.1) is 11.8 Å². The number of hydrazone groups is 1. The molecule has 0 N–H and O–H groups in total. The SMILES string of the molecule is CN(C)c1ccc(/C=C2\CCC[C@@H]3C2=NN(C(=O)c2cccc(Cl)c2)[C@@H]3c2ccc(N(C)C)cc2)cc1. The van der Waals surface area contributed by atoms with Crippen LogP contribution < -0.4 is 9.80 Å². The summed E-state index contributed by atoms with van der Waals surface area (Å²) < 4.78 is 0. The predicted octanol–water partition coefficient (Wildman–Crippen LogP) is 6.91. The molecule has 5 rings (SSSR count). The number of carbonyl (C=O) groups excluding carboxylic acids is 1. The third kappa shape index (κ3) is 5.14. The lowest BCUT2D eigenvalue weighted by molar-refractivity contribution is 0.0681. The predicted molar refractivity (Wildman–Crippen MR) is 155 cm³/mol. The number of benzene rings is 3. The Balaban J connectivity index is 1.55. The van der Waals surface area contributed by atoms with E-state index in [0.29, 0.717) is 10.6 Å². The molecule has 0 aromatic heterocycles. The van der Waals surface area contributed by atoms with Gasteiger partial charge in [-0.05, 0) is 84.5 Å². The van der Waals surface area contributed by atoms with Gasteiger partial charge >= 0.3 is 0 Å². The molecule has 6 heteroatoms. The van der Waals surface area contributed by atoms with Gasteiger partial charge in [0, 0.05) is 56.1 Å². The van der Waals surface area contributed by atoms with Crippen molar-refractivity contribution in [3.63, 3.8) is 0 Å². The van der Waals surface area contributed by atoms with Gasteiger partial charge in [-0.2, -0.15) is 5.10 Å². The number of hydrogen-bond donors (Lipinski definition) is 0. The van der Waals surface area contributed by atoms with Crippen molar-refractivity contribution in [3.8, 4) is 0 Å². The van der Waals surface area contributed by atoms with Gasteiger partial charge in [0.2, 0.25) is 0 Å². The molecule has 1 saturated carbocycles. The monoisotopic (exact) mass is 512 g/mol. The number of halogens is 1. The second-order valence-corrected chi connectivity index (χ2v) is 10.7. The molecule has 0 saturated heterocycles. The number of amides is 1. The van der Waals surface area contributed by atoms with Crippen LogP contribution in [0.1, 0.15) is 46.8 Å². The van der Waals surface area contributed by atoms with Gasteiger partial charge in [0.1, 0.15) is 0 Å². The normalized spacial score (nSPS) is 20.0. The molecule has 37 heavy (non-hydrogen) atoms. The van der Waals surface area contributed by atoms with Crippen molar-refractivity contribution in [1.82, 2.24) is 5.01 Å². The summed E-state index contributed by atoms with van der Waals surface area (Å²) in [7, 11) is 8.15. The molecule has 2 aliphatic rings. The Morgan fingerprint density at radius 3 is 2.22 bits per heavy atom. The molecule has 1 aliphatic heterocycles. The summed E-state index contributed by atoms with van der Waals surface area (Å²) in [4.78, 5) is 18.0. The highest BCUT2D eigenvalue weighted by molar-refractivity contribution is 6.31. The maximum Gasteiger partial charge on any atom is 0.274 e. The Kier molecular flexibility index (Phi) is 7.07. The molecule has 5 nitrogen and oxygen atoms in total. The number of fused-ring (bicyclic) bond motifs is 1. The van der Waals surface area contributed by atoms with E-state index in [9.17, 15) is 4.79 Å². The average molecular weight is 513 g/mol. The van der Waals surface area contributed by atoms with Gasteiger partial charge in [-0.25, -0.2) is 5.01 Å². The first kappa shape index (κ1) is 25.1. The van der Waals surface area contributed by atoms with E-state index in [1.165, 1.54) is 11.3 Å². The number of allylic oxidation sites excluding steroid dienone is 1. The van der Waals surface area contributed by atoms with Crippen LogP contribution >= 0.6 is 11.6 Å². The average Bonchev–Trinajstić information content (AvgIpc) is 3.29. The fourth-order valence-electron chi connectivity index (χ4n) is 5.29. The van der Waals surface area contributed by atoms with E-state index in [1.807, 2.05) is 40.3 Å². The number of nitrogens with zero attached hydrogens (tertiary/aromatic N) is 4. The first-order valence-electron chi connectivity index (χ1n) is 12.7. The molecule has 3 aromatic carbocycles. The van der Waals surface area contributed by atoms with Crippen LogP contribution in [0.3, 0.4) is 0 Å². The minimum absolute atomic E-state index is 0.124. The van der Waals surface area contributed by atoms with Crippen LogP contribution in [0.4, 0.5) is 11.4 Å². The molecule has 0 radical (unpaired) electrons. The molecule has 1 amide bonds. The highest BCUT2D eigenvalue weighted by Gasteiger charge is 2.44. The second-order valence-electron chi connectivity index (χ2n) is 10.2. The van der Waals surface area contributed by atoms with E-state index in [0.717, 1.165) is 41.8 Å². The fourth-order valence-corrected chi connectivity index (χ4v) is 5.48. The van der Waals surface area contributed by atoms with Crippen LogP contribution in [0.15, 0.2) is 83.5 Å². The molecule has 0 spiro atoms. The molecule has 190 valence electrons.